The maximum absolute atomic E-state index is 13.2. The number of aromatic nitrogens is 1. The Hall–Kier alpha value is -2.56. The third-order valence-electron chi connectivity index (χ3n) is 3.96. The zero-order valence-electron chi connectivity index (χ0n) is 14.3. The Kier molecular flexibility index (Phi) is 4.89. The maximum atomic E-state index is 13.2. The Bertz CT molecular complexity index is 753. The van der Waals surface area contributed by atoms with E-state index in [0.717, 1.165) is 16.7 Å². The molecular weight excluding hydrogens is 294 g/mol. The summed E-state index contributed by atoms with van der Waals surface area (Å²) in [6, 6.07) is 3.61. The number of carbonyl (C=O) groups is 1. The first kappa shape index (κ1) is 16.8. The largest absolute Gasteiger partial charge is 0.493 e. The van der Waals surface area contributed by atoms with Gasteiger partial charge in [-0.1, -0.05) is 6.07 Å². The number of carbonyl (C=O) groups excluding carboxylic acids is 1. The lowest BCUT2D eigenvalue weighted by atomic mass is 9.94. The Morgan fingerprint density at radius 2 is 1.61 bits per heavy atom. The number of rotatable bonds is 5. The summed E-state index contributed by atoms with van der Waals surface area (Å²) in [7, 11) is 4.57. The molecule has 0 saturated carbocycles. The van der Waals surface area contributed by atoms with E-state index in [-0.39, 0.29) is 5.78 Å². The molecule has 23 heavy (non-hydrogen) atoms. The SMILES string of the molecule is COc1ccc(C)c(C(=O)c2c(OC)ncc(C)c2C)c1OC. The van der Waals surface area contributed by atoms with Crippen molar-refractivity contribution in [2.75, 3.05) is 21.3 Å². The van der Waals surface area contributed by atoms with E-state index in [0.29, 0.717) is 28.5 Å². The summed E-state index contributed by atoms with van der Waals surface area (Å²) >= 11 is 0. The second-order valence-corrected chi connectivity index (χ2v) is 5.27. The number of methoxy groups -OCH3 is 3. The summed E-state index contributed by atoms with van der Waals surface area (Å²) in [6.45, 7) is 5.66. The molecule has 5 heteroatoms. The molecule has 0 aliphatic rings. The number of benzene rings is 1. The number of hydrogen-bond acceptors (Lipinski definition) is 5. The lowest BCUT2D eigenvalue weighted by Gasteiger charge is -2.17. The molecule has 2 aromatic rings. The highest BCUT2D eigenvalue weighted by Gasteiger charge is 2.26. The lowest BCUT2D eigenvalue weighted by molar-refractivity contribution is 0.103. The first-order valence-electron chi connectivity index (χ1n) is 7.22. The van der Waals surface area contributed by atoms with Gasteiger partial charge in [-0.15, -0.1) is 0 Å². The molecule has 0 atom stereocenters. The fraction of sp³-hybridized carbons (Fsp3) is 0.333. The van der Waals surface area contributed by atoms with E-state index >= 15 is 0 Å². The van der Waals surface area contributed by atoms with Gasteiger partial charge in [-0.3, -0.25) is 4.79 Å². The van der Waals surface area contributed by atoms with E-state index in [1.165, 1.54) is 14.2 Å². The van der Waals surface area contributed by atoms with Crippen LogP contribution in [0.5, 0.6) is 17.4 Å². The molecule has 0 unspecified atom stereocenters. The van der Waals surface area contributed by atoms with Crippen LogP contribution in [0.4, 0.5) is 0 Å². The molecule has 0 spiro atoms. The van der Waals surface area contributed by atoms with Crippen LogP contribution in [-0.4, -0.2) is 32.1 Å². The van der Waals surface area contributed by atoms with Gasteiger partial charge in [0.05, 0.1) is 32.5 Å². The van der Waals surface area contributed by atoms with Crippen molar-refractivity contribution in [2.24, 2.45) is 0 Å². The summed E-state index contributed by atoms with van der Waals surface area (Å²) in [5.74, 6) is 1.05. The van der Waals surface area contributed by atoms with Crippen molar-refractivity contribution >= 4 is 5.78 Å². The molecule has 0 saturated heterocycles. The van der Waals surface area contributed by atoms with Crippen LogP contribution in [0, 0.1) is 20.8 Å². The first-order chi connectivity index (χ1) is 11.0. The van der Waals surface area contributed by atoms with Crippen molar-refractivity contribution in [1.82, 2.24) is 4.98 Å². The molecule has 0 aliphatic heterocycles. The molecular formula is C18H21NO4. The smallest absolute Gasteiger partial charge is 0.224 e. The van der Waals surface area contributed by atoms with Crippen LogP contribution in [-0.2, 0) is 0 Å². The average molecular weight is 315 g/mol. The molecule has 0 radical (unpaired) electrons. The average Bonchev–Trinajstić information content (AvgIpc) is 2.56. The summed E-state index contributed by atoms with van der Waals surface area (Å²) < 4.78 is 16.0. The minimum absolute atomic E-state index is 0.191. The standard InChI is InChI=1S/C18H21NO4/c1-10-7-8-13(21-4)17(22-5)14(10)16(20)15-12(3)11(2)9-19-18(15)23-6/h7-9H,1-6H3. The van der Waals surface area contributed by atoms with Crippen molar-refractivity contribution in [3.63, 3.8) is 0 Å². The summed E-state index contributed by atoms with van der Waals surface area (Å²) in [5, 5.41) is 0. The van der Waals surface area contributed by atoms with Crippen LogP contribution >= 0.6 is 0 Å². The van der Waals surface area contributed by atoms with Gasteiger partial charge in [0.2, 0.25) is 11.7 Å². The summed E-state index contributed by atoms with van der Waals surface area (Å²) in [4.78, 5) is 17.4. The molecule has 1 heterocycles. The third kappa shape index (κ3) is 2.86. The maximum Gasteiger partial charge on any atom is 0.224 e. The molecule has 0 N–H and O–H groups in total. The van der Waals surface area contributed by atoms with Crippen LogP contribution in [0.25, 0.3) is 0 Å². The van der Waals surface area contributed by atoms with E-state index < -0.39 is 0 Å². The number of aryl methyl sites for hydroxylation is 2. The fourth-order valence-corrected chi connectivity index (χ4v) is 2.53. The number of ketones is 1. The highest BCUT2D eigenvalue weighted by molar-refractivity contribution is 6.14. The highest BCUT2D eigenvalue weighted by atomic mass is 16.5. The van der Waals surface area contributed by atoms with Crippen molar-refractivity contribution in [1.29, 1.82) is 0 Å². The van der Waals surface area contributed by atoms with Crippen LogP contribution in [0.1, 0.15) is 32.6 Å². The quantitative estimate of drug-likeness (QED) is 0.793. The molecule has 1 aromatic carbocycles. The van der Waals surface area contributed by atoms with Gasteiger partial charge in [-0.2, -0.15) is 0 Å². The number of nitrogens with zero attached hydrogens (tertiary/aromatic N) is 1. The fourth-order valence-electron chi connectivity index (χ4n) is 2.53. The topological polar surface area (TPSA) is 57.7 Å². The minimum atomic E-state index is -0.191. The second kappa shape index (κ2) is 6.69. The van der Waals surface area contributed by atoms with E-state index in [9.17, 15) is 4.79 Å². The van der Waals surface area contributed by atoms with Gasteiger partial charge in [0.15, 0.2) is 11.5 Å². The van der Waals surface area contributed by atoms with Gasteiger partial charge < -0.3 is 14.2 Å². The second-order valence-electron chi connectivity index (χ2n) is 5.27. The molecule has 2 rings (SSSR count). The first-order valence-corrected chi connectivity index (χ1v) is 7.22. The van der Waals surface area contributed by atoms with Gasteiger partial charge in [0, 0.05) is 6.20 Å². The van der Waals surface area contributed by atoms with Crippen molar-refractivity contribution in [3.05, 3.63) is 46.1 Å². The number of pyridine rings is 1. The van der Waals surface area contributed by atoms with Gasteiger partial charge in [-0.05, 0) is 43.5 Å². The Morgan fingerprint density at radius 3 is 2.17 bits per heavy atom. The Morgan fingerprint density at radius 1 is 0.913 bits per heavy atom. The predicted molar refractivity (Wildman–Crippen MR) is 88.0 cm³/mol. The zero-order valence-corrected chi connectivity index (χ0v) is 14.3. The van der Waals surface area contributed by atoms with Gasteiger partial charge in [0.25, 0.3) is 0 Å². The lowest BCUT2D eigenvalue weighted by Crippen LogP contribution is -2.12. The van der Waals surface area contributed by atoms with Crippen LogP contribution in [0.15, 0.2) is 18.3 Å². The monoisotopic (exact) mass is 315 g/mol. The molecule has 0 amide bonds. The van der Waals surface area contributed by atoms with Crippen molar-refractivity contribution in [3.8, 4) is 17.4 Å². The van der Waals surface area contributed by atoms with Crippen molar-refractivity contribution < 1.29 is 19.0 Å². The highest BCUT2D eigenvalue weighted by Crippen LogP contribution is 2.36. The Balaban J connectivity index is 2.74. The van der Waals surface area contributed by atoms with Gasteiger partial charge in [-0.25, -0.2) is 4.98 Å². The molecule has 0 bridgehead atoms. The predicted octanol–water partition coefficient (Wildman–Crippen LogP) is 3.26. The van der Waals surface area contributed by atoms with Crippen LogP contribution in [0.2, 0.25) is 0 Å². The van der Waals surface area contributed by atoms with E-state index in [2.05, 4.69) is 4.98 Å². The van der Waals surface area contributed by atoms with Gasteiger partial charge >= 0.3 is 0 Å². The van der Waals surface area contributed by atoms with Gasteiger partial charge in [0.1, 0.15) is 0 Å². The molecule has 1 aromatic heterocycles. The summed E-state index contributed by atoms with van der Waals surface area (Å²) in [6.07, 6.45) is 1.70. The zero-order chi connectivity index (χ0) is 17.1. The third-order valence-corrected chi connectivity index (χ3v) is 3.96. The van der Waals surface area contributed by atoms with Crippen LogP contribution in [0.3, 0.4) is 0 Å². The van der Waals surface area contributed by atoms with Crippen molar-refractivity contribution in [2.45, 2.75) is 20.8 Å². The van der Waals surface area contributed by atoms with Crippen LogP contribution < -0.4 is 14.2 Å². The van der Waals surface area contributed by atoms with E-state index in [4.69, 9.17) is 14.2 Å². The van der Waals surface area contributed by atoms with E-state index in [1.807, 2.05) is 26.8 Å². The van der Waals surface area contributed by atoms with E-state index in [1.54, 1.807) is 19.4 Å². The Labute approximate surface area is 136 Å². The molecule has 122 valence electrons. The normalized spacial score (nSPS) is 10.3. The minimum Gasteiger partial charge on any atom is -0.493 e. The number of ether oxygens (including phenoxy) is 3. The molecule has 0 aliphatic carbocycles. The molecule has 5 nitrogen and oxygen atoms in total. The summed E-state index contributed by atoms with van der Waals surface area (Å²) in [5.41, 5.74) is 3.47. The number of hydrogen-bond donors (Lipinski definition) is 0. The molecule has 0 fully saturated rings.